The molecule has 2 fully saturated rings. The van der Waals surface area contributed by atoms with E-state index in [0.29, 0.717) is 12.0 Å². The molecule has 3 heteroatoms. The number of methoxy groups -OCH3 is 1. The topological polar surface area (TPSA) is 31.4 Å². The minimum absolute atomic E-state index is 0.104. The standard InChI is InChI=1S/C20H23NO2/c1-22-20-18(13-19(23-20)17-3-2-4-17)16-7-5-14(6-8-16)15-9-11-21-12-10-15/h5-12,17-20H,2-4,13H2,1H3. The fourth-order valence-electron chi connectivity index (χ4n) is 3.78. The molecule has 0 amide bonds. The summed E-state index contributed by atoms with van der Waals surface area (Å²) in [6.45, 7) is 0. The van der Waals surface area contributed by atoms with E-state index >= 15 is 0 Å². The van der Waals surface area contributed by atoms with Crippen LogP contribution in [-0.4, -0.2) is 24.5 Å². The lowest BCUT2D eigenvalue weighted by Crippen LogP contribution is -2.27. The zero-order valence-electron chi connectivity index (χ0n) is 13.5. The van der Waals surface area contributed by atoms with Crippen LogP contribution in [0.1, 0.15) is 37.2 Å². The van der Waals surface area contributed by atoms with Crippen LogP contribution in [0.25, 0.3) is 11.1 Å². The van der Waals surface area contributed by atoms with Gasteiger partial charge < -0.3 is 9.47 Å². The van der Waals surface area contributed by atoms with Gasteiger partial charge in [0, 0.05) is 25.4 Å². The van der Waals surface area contributed by atoms with Gasteiger partial charge in [-0.25, -0.2) is 0 Å². The van der Waals surface area contributed by atoms with Gasteiger partial charge in [-0.05, 0) is 54.0 Å². The first-order valence-electron chi connectivity index (χ1n) is 8.54. The van der Waals surface area contributed by atoms with E-state index < -0.39 is 0 Å². The van der Waals surface area contributed by atoms with E-state index in [9.17, 15) is 0 Å². The maximum Gasteiger partial charge on any atom is 0.164 e. The quantitative estimate of drug-likeness (QED) is 0.839. The molecule has 0 bridgehead atoms. The molecule has 2 heterocycles. The number of hydrogen-bond acceptors (Lipinski definition) is 3. The van der Waals surface area contributed by atoms with E-state index in [1.54, 1.807) is 7.11 Å². The molecule has 120 valence electrons. The van der Waals surface area contributed by atoms with Crippen molar-refractivity contribution in [1.82, 2.24) is 4.98 Å². The molecule has 0 N–H and O–H groups in total. The molecule has 4 rings (SSSR count). The van der Waals surface area contributed by atoms with Gasteiger partial charge in [-0.1, -0.05) is 30.7 Å². The second kappa shape index (κ2) is 6.42. The third-order valence-electron chi connectivity index (χ3n) is 5.38. The van der Waals surface area contributed by atoms with Crippen LogP contribution in [0.5, 0.6) is 0 Å². The smallest absolute Gasteiger partial charge is 0.164 e. The number of benzene rings is 1. The van der Waals surface area contributed by atoms with Crippen molar-refractivity contribution in [3.8, 4) is 11.1 Å². The highest BCUT2D eigenvalue weighted by atomic mass is 16.7. The minimum atomic E-state index is -0.104. The molecule has 1 aliphatic carbocycles. The fraction of sp³-hybridized carbons (Fsp3) is 0.450. The molecule has 1 aromatic heterocycles. The van der Waals surface area contributed by atoms with E-state index in [2.05, 4.69) is 29.2 Å². The lowest BCUT2D eigenvalue weighted by Gasteiger charge is -2.30. The predicted octanol–water partition coefficient (Wildman–Crippen LogP) is 4.39. The van der Waals surface area contributed by atoms with Crippen molar-refractivity contribution in [3.63, 3.8) is 0 Å². The second-order valence-corrected chi connectivity index (χ2v) is 6.67. The summed E-state index contributed by atoms with van der Waals surface area (Å²) in [5, 5.41) is 0. The molecule has 1 saturated carbocycles. The molecule has 2 aliphatic rings. The van der Waals surface area contributed by atoms with E-state index in [4.69, 9.17) is 9.47 Å². The van der Waals surface area contributed by atoms with Crippen LogP contribution in [0, 0.1) is 5.92 Å². The first kappa shape index (κ1) is 14.9. The molecule has 0 radical (unpaired) electrons. The molecule has 1 aliphatic heterocycles. The summed E-state index contributed by atoms with van der Waals surface area (Å²) in [7, 11) is 1.76. The number of ether oxygens (including phenoxy) is 2. The maximum atomic E-state index is 6.17. The second-order valence-electron chi connectivity index (χ2n) is 6.67. The zero-order valence-corrected chi connectivity index (χ0v) is 13.5. The van der Waals surface area contributed by atoms with Gasteiger partial charge >= 0.3 is 0 Å². The highest BCUT2D eigenvalue weighted by molar-refractivity contribution is 5.63. The lowest BCUT2D eigenvalue weighted by molar-refractivity contribution is -0.138. The van der Waals surface area contributed by atoms with E-state index in [0.717, 1.165) is 12.3 Å². The first-order valence-corrected chi connectivity index (χ1v) is 8.54. The summed E-state index contributed by atoms with van der Waals surface area (Å²) >= 11 is 0. The molecule has 0 spiro atoms. The van der Waals surface area contributed by atoms with Gasteiger partial charge in [0.15, 0.2) is 6.29 Å². The Kier molecular flexibility index (Phi) is 4.15. The van der Waals surface area contributed by atoms with Crippen LogP contribution in [0.2, 0.25) is 0 Å². The summed E-state index contributed by atoms with van der Waals surface area (Å²) < 4.78 is 11.8. The molecule has 1 aromatic carbocycles. The van der Waals surface area contributed by atoms with Gasteiger partial charge in [-0.3, -0.25) is 4.98 Å². The van der Waals surface area contributed by atoms with Gasteiger partial charge in [0.25, 0.3) is 0 Å². The Morgan fingerprint density at radius 1 is 1.00 bits per heavy atom. The van der Waals surface area contributed by atoms with Crippen LogP contribution < -0.4 is 0 Å². The maximum absolute atomic E-state index is 6.17. The molecule has 3 unspecified atom stereocenters. The van der Waals surface area contributed by atoms with Gasteiger partial charge in [0.1, 0.15) is 0 Å². The summed E-state index contributed by atoms with van der Waals surface area (Å²) in [5.41, 5.74) is 3.74. The Bertz CT molecular complexity index is 636. The highest BCUT2D eigenvalue weighted by Gasteiger charge is 2.41. The van der Waals surface area contributed by atoms with Crippen molar-refractivity contribution < 1.29 is 9.47 Å². The normalized spacial score (nSPS) is 27.8. The molecule has 23 heavy (non-hydrogen) atoms. The van der Waals surface area contributed by atoms with Crippen molar-refractivity contribution in [3.05, 3.63) is 54.4 Å². The van der Waals surface area contributed by atoms with Gasteiger partial charge in [-0.15, -0.1) is 0 Å². The van der Waals surface area contributed by atoms with Crippen molar-refractivity contribution in [2.45, 2.75) is 44.0 Å². The molecular weight excluding hydrogens is 286 g/mol. The number of rotatable bonds is 4. The van der Waals surface area contributed by atoms with Crippen molar-refractivity contribution in [2.75, 3.05) is 7.11 Å². The Balaban J connectivity index is 1.52. The largest absolute Gasteiger partial charge is 0.355 e. The lowest BCUT2D eigenvalue weighted by atomic mass is 9.78. The molecule has 3 nitrogen and oxygen atoms in total. The van der Waals surface area contributed by atoms with Gasteiger partial charge in [0.2, 0.25) is 0 Å². The van der Waals surface area contributed by atoms with Gasteiger partial charge in [-0.2, -0.15) is 0 Å². The van der Waals surface area contributed by atoms with E-state index in [1.807, 2.05) is 24.5 Å². The third kappa shape index (κ3) is 2.91. The summed E-state index contributed by atoms with van der Waals surface area (Å²) in [6.07, 6.45) is 9.00. The predicted molar refractivity (Wildman–Crippen MR) is 90.0 cm³/mol. The number of aromatic nitrogens is 1. The average Bonchev–Trinajstić information content (AvgIpc) is 2.98. The zero-order chi connectivity index (χ0) is 15.6. The Morgan fingerprint density at radius 3 is 2.30 bits per heavy atom. The van der Waals surface area contributed by atoms with E-state index in [1.165, 1.54) is 36.0 Å². The third-order valence-corrected chi connectivity index (χ3v) is 5.38. The average molecular weight is 309 g/mol. The molecule has 3 atom stereocenters. The minimum Gasteiger partial charge on any atom is -0.355 e. The van der Waals surface area contributed by atoms with Gasteiger partial charge in [0.05, 0.1) is 6.10 Å². The summed E-state index contributed by atoms with van der Waals surface area (Å²) in [6, 6.07) is 12.9. The highest BCUT2D eigenvalue weighted by Crippen LogP contribution is 2.43. The fourth-order valence-corrected chi connectivity index (χ4v) is 3.78. The number of nitrogens with zero attached hydrogens (tertiary/aromatic N) is 1. The van der Waals surface area contributed by atoms with E-state index in [-0.39, 0.29) is 6.29 Å². The SMILES string of the molecule is COC1OC(C2CCC2)CC1c1ccc(-c2ccncc2)cc1. The van der Waals surface area contributed by atoms with Crippen LogP contribution in [-0.2, 0) is 9.47 Å². The number of pyridine rings is 1. The molecule has 2 aromatic rings. The van der Waals surface area contributed by atoms with Crippen LogP contribution in [0.4, 0.5) is 0 Å². The Hall–Kier alpha value is -1.71. The monoisotopic (exact) mass is 309 g/mol. The summed E-state index contributed by atoms with van der Waals surface area (Å²) in [5.74, 6) is 1.09. The van der Waals surface area contributed by atoms with Crippen molar-refractivity contribution in [2.24, 2.45) is 5.92 Å². The molecular formula is C20H23NO2. The van der Waals surface area contributed by atoms with Crippen LogP contribution >= 0.6 is 0 Å². The first-order chi connectivity index (χ1) is 11.3. The number of hydrogen-bond donors (Lipinski definition) is 0. The van der Waals surface area contributed by atoms with Crippen LogP contribution in [0.15, 0.2) is 48.8 Å². The van der Waals surface area contributed by atoms with Crippen LogP contribution in [0.3, 0.4) is 0 Å². The Labute approximate surface area is 137 Å². The molecule has 1 saturated heterocycles. The summed E-state index contributed by atoms with van der Waals surface area (Å²) in [4.78, 5) is 4.08. The Morgan fingerprint density at radius 2 is 1.70 bits per heavy atom. The van der Waals surface area contributed by atoms with Crippen molar-refractivity contribution in [1.29, 1.82) is 0 Å². The van der Waals surface area contributed by atoms with Crippen molar-refractivity contribution >= 4 is 0 Å².